The van der Waals surface area contributed by atoms with Crippen molar-refractivity contribution in [1.29, 1.82) is 0 Å². The van der Waals surface area contributed by atoms with Crippen molar-refractivity contribution in [3.63, 3.8) is 0 Å². The molecular weight excluding hydrogens is 929 g/mol. The van der Waals surface area contributed by atoms with Crippen LogP contribution in [-0.4, -0.2) is 142 Å². The van der Waals surface area contributed by atoms with Crippen LogP contribution in [0, 0.1) is 10.8 Å². The average Bonchev–Trinajstić information content (AvgIpc) is 3.99. The van der Waals surface area contributed by atoms with Gasteiger partial charge in [-0.05, 0) is 112 Å². The largest absolute Gasteiger partial charge is 0.377 e. The maximum atomic E-state index is 14.5. The molecule has 0 bridgehead atoms. The third kappa shape index (κ3) is 10.2. The quantitative estimate of drug-likeness (QED) is 0.126. The summed E-state index contributed by atoms with van der Waals surface area (Å²) in [4.78, 5) is 85.1. The van der Waals surface area contributed by atoms with Crippen LogP contribution in [0.5, 0.6) is 0 Å². The molecule has 18 heteroatoms. The standard InChI is InChI=1S/C52H74N8O8S2/c1-27(55-7)47(63)57-33-23-37(69-39-25-51(3,4)43(45(53)61)59(39)49(33)65)41-31-17-11-9-15-29(31)21-35(41)67-19-13-14-20-68-36-22-30-16-10-12-18-32(30)42(36)38-24-34(58-48(64)28(2)56-8)50(66)60-40(70-38)26-52(5,6)44(60)46(54)62/h9-12,15-18,27-28,33-44,55-56H,13-14,19-26H2,1-8H3,(H2,53,61)(H2,54,62)(H,57,63)(H,58,64)/t27-,28-,33?,34?,35+,36+,37?,38?,39?,40?,41-,42-,43?,44?/m0/s1. The van der Waals surface area contributed by atoms with Gasteiger partial charge in [-0.15, -0.1) is 23.5 Å². The third-order valence-electron chi connectivity index (χ3n) is 16.1. The molecule has 0 saturated carbocycles. The number of ether oxygens (including phenoxy) is 2. The minimum Gasteiger partial charge on any atom is -0.377 e. The summed E-state index contributed by atoms with van der Waals surface area (Å²) >= 11 is 3.41. The highest BCUT2D eigenvalue weighted by molar-refractivity contribution is 8.00. The molecule has 4 saturated heterocycles. The lowest BCUT2D eigenvalue weighted by molar-refractivity contribution is -0.142. The van der Waals surface area contributed by atoms with Gasteiger partial charge in [0.15, 0.2) is 0 Å². The van der Waals surface area contributed by atoms with Crippen LogP contribution in [0.3, 0.4) is 0 Å². The van der Waals surface area contributed by atoms with Gasteiger partial charge in [-0.2, -0.15) is 0 Å². The van der Waals surface area contributed by atoms with Gasteiger partial charge in [0.1, 0.15) is 24.2 Å². The number of fused-ring (bicyclic) bond motifs is 4. The van der Waals surface area contributed by atoms with E-state index in [0.717, 1.165) is 12.8 Å². The minimum atomic E-state index is -0.850. The molecule has 2 aliphatic carbocycles. The number of carbonyl (C=O) groups is 6. The van der Waals surface area contributed by atoms with Gasteiger partial charge in [0.25, 0.3) is 0 Å². The monoisotopic (exact) mass is 1000 g/mol. The number of unbranched alkanes of at least 4 members (excludes halogenated alkanes) is 1. The highest BCUT2D eigenvalue weighted by Crippen LogP contribution is 2.54. The van der Waals surface area contributed by atoms with Crippen molar-refractivity contribution in [3.05, 3.63) is 70.8 Å². The van der Waals surface area contributed by atoms with Gasteiger partial charge in [0.2, 0.25) is 35.4 Å². The first-order valence-electron chi connectivity index (χ1n) is 25.1. The third-order valence-corrected chi connectivity index (χ3v) is 19.1. The Morgan fingerprint density at radius 2 is 1.03 bits per heavy atom. The summed E-state index contributed by atoms with van der Waals surface area (Å²) in [6, 6.07) is 12.4. The van der Waals surface area contributed by atoms with E-state index in [9.17, 15) is 28.8 Å². The number of amides is 6. The van der Waals surface area contributed by atoms with E-state index in [0.29, 0.717) is 51.7 Å². The van der Waals surface area contributed by atoms with Crippen LogP contribution in [0.4, 0.5) is 0 Å². The van der Waals surface area contributed by atoms with Crippen molar-refractivity contribution in [2.45, 2.75) is 174 Å². The number of likely N-dealkylation sites (N-methyl/N-ethyl adjacent to an activating group) is 2. The van der Waals surface area contributed by atoms with Gasteiger partial charge in [0.05, 0.1) is 35.0 Å². The van der Waals surface area contributed by atoms with Gasteiger partial charge in [-0.25, -0.2) is 0 Å². The van der Waals surface area contributed by atoms with Crippen LogP contribution in [-0.2, 0) is 51.1 Å². The zero-order chi connectivity index (χ0) is 50.4. The molecule has 0 radical (unpaired) electrons. The predicted octanol–water partition coefficient (Wildman–Crippen LogP) is 3.29. The summed E-state index contributed by atoms with van der Waals surface area (Å²) in [5, 5.41) is 11.2. The molecule has 8 N–H and O–H groups in total. The normalized spacial score (nSPS) is 32.7. The van der Waals surface area contributed by atoms with Crippen LogP contribution in [0.1, 0.15) is 114 Å². The lowest BCUT2D eigenvalue weighted by Gasteiger charge is -2.32. The fourth-order valence-electron chi connectivity index (χ4n) is 12.4. The molecule has 70 heavy (non-hydrogen) atoms. The number of nitrogens with one attached hydrogen (secondary N) is 4. The Kier molecular flexibility index (Phi) is 15.7. The van der Waals surface area contributed by atoms with Gasteiger partial charge in [0, 0.05) is 35.5 Å². The van der Waals surface area contributed by atoms with Crippen LogP contribution in [0.2, 0.25) is 0 Å². The smallest absolute Gasteiger partial charge is 0.246 e. The first-order valence-corrected chi connectivity index (χ1v) is 27.0. The summed E-state index contributed by atoms with van der Waals surface area (Å²) in [6.07, 6.45) is 4.51. The molecule has 2 aromatic carbocycles. The molecule has 4 heterocycles. The molecule has 382 valence electrons. The van der Waals surface area contributed by atoms with Crippen molar-refractivity contribution in [2.24, 2.45) is 22.3 Å². The average molecular weight is 1000 g/mol. The molecule has 4 aliphatic heterocycles. The number of hydrogen-bond donors (Lipinski definition) is 6. The minimum absolute atomic E-state index is 0.0709. The molecule has 0 spiro atoms. The number of hydrogen-bond acceptors (Lipinski definition) is 12. The first-order chi connectivity index (χ1) is 33.3. The van der Waals surface area contributed by atoms with E-state index in [1.807, 2.05) is 52.0 Å². The summed E-state index contributed by atoms with van der Waals surface area (Å²) in [5.74, 6) is -2.36. The summed E-state index contributed by atoms with van der Waals surface area (Å²) < 4.78 is 13.7. The lowest BCUT2D eigenvalue weighted by Crippen LogP contribution is -2.57. The second kappa shape index (κ2) is 21.1. The summed E-state index contributed by atoms with van der Waals surface area (Å²) in [6.45, 7) is 12.4. The Bertz CT molecular complexity index is 2160. The Hall–Kier alpha value is -4.20. The second-order valence-electron chi connectivity index (χ2n) is 21.7. The molecule has 4 fully saturated rings. The number of benzene rings is 2. The second-order valence-corrected chi connectivity index (χ2v) is 24.6. The van der Waals surface area contributed by atoms with Crippen molar-refractivity contribution in [3.8, 4) is 0 Å². The topological polar surface area (TPSA) is 228 Å². The highest BCUT2D eigenvalue weighted by Gasteiger charge is 2.58. The van der Waals surface area contributed by atoms with Crippen LogP contribution < -0.4 is 32.7 Å². The van der Waals surface area contributed by atoms with Crippen LogP contribution in [0.15, 0.2) is 48.5 Å². The zero-order valence-electron chi connectivity index (χ0n) is 41.9. The van der Waals surface area contributed by atoms with E-state index in [1.165, 1.54) is 22.3 Å². The Morgan fingerprint density at radius 1 is 0.657 bits per heavy atom. The maximum Gasteiger partial charge on any atom is 0.246 e. The van der Waals surface area contributed by atoms with Crippen molar-refractivity contribution < 1.29 is 38.2 Å². The van der Waals surface area contributed by atoms with Crippen molar-refractivity contribution in [2.75, 3.05) is 27.3 Å². The maximum absolute atomic E-state index is 14.5. The van der Waals surface area contributed by atoms with Gasteiger partial charge in [-0.1, -0.05) is 76.2 Å². The molecule has 16 nitrogen and oxygen atoms in total. The Labute approximate surface area is 421 Å². The number of rotatable bonds is 17. The fraction of sp³-hybridized carbons (Fsp3) is 0.654. The van der Waals surface area contributed by atoms with Crippen LogP contribution >= 0.6 is 23.5 Å². The van der Waals surface area contributed by atoms with Crippen molar-refractivity contribution in [1.82, 2.24) is 31.1 Å². The predicted molar refractivity (Wildman–Crippen MR) is 271 cm³/mol. The molecule has 2 aromatic rings. The number of primary amides is 2. The van der Waals surface area contributed by atoms with Gasteiger partial charge >= 0.3 is 0 Å². The molecule has 6 aliphatic rings. The fourth-order valence-corrected chi connectivity index (χ4v) is 16.5. The lowest BCUT2D eigenvalue weighted by atomic mass is 9.84. The van der Waals surface area contributed by atoms with E-state index < -0.39 is 58.9 Å². The summed E-state index contributed by atoms with van der Waals surface area (Å²) in [5.41, 5.74) is 15.7. The SMILES string of the molecule is CN[C@@H](C)C(=O)NC1CC([C@H]2c3ccccc3C[C@H]2OCCCCO[C@@H]2Cc3ccccc3[C@@H]2C2CC(NC(=O)[C@H](C)NC)C(=O)N3C(CC(C)(C)C3C(N)=O)S2)SC2CC(C)(C)C(C(N)=O)N2C1=O. The molecule has 14 atom stereocenters. The molecule has 6 amide bonds. The number of nitrogens with zero attached hydrogens (tertiary/aromatic N) is 2. The zero-order valence-corrected chi connectivity index (χ0v) is 43.5. The molecule has 8 rings (SSSR count). The first kappa shape index (κ1) is 52.1. The van der Waals surface area contributed by atoms with Gasteiger partial charge < -0.3 is 52.0 Å². The highest BCUT2D eigenvalue weighted by atomic mass is 32.2. The van der Waals surface area contributed by atoms with E-state index in [1.54, 1.807) is 61.3 Å². The van der Waals surface area contributed by atoms with Crippen molar-refractivity contribution >= 4 is 59.0 Å². The number of thioether (sulfide) groups is 2. The molecular formula is C52H74N8O8S2. The van der Waals surface area contributed by atoms with E-state index in [-0.39, 0.29) is 68.9 Å². The van der Waals surface area contributed by atoms with E-state index in [4.69, 9.17) is 20.9 Å². The Balaban J connectivity index is 0.964. The summed E-state index contributed by atoms with van der Waals surface area (Å²) in [7, 11) is 3.40. The number of nitrogens with two attached hydrogens (primary N) is 2. The molecule has 0 aromatic heterocycles. The number of carbonyl (C=O) groups excluding carboxylic acids is 6. The van der Waals surface area contributed by atoms with Gasteiger partial charge in [-0.3, -0.25) is 28.8 Å². The van der Waals surface area contributed by atoms with Crippen LogP contribution in [0.25, 0.3) is 0 Å². The van der Waals surface area contributed by atoms with E-state index >= 15 is 0 Å². The Morgan fingerprint density at radius 3 is 1.39 bits per heavy atom. The van der Waals surface area contributed by atoms with E-state index in [2.05, 4.69) is 45.5 Å². The molecule has 8 unspecified atom stereocenters.